The Labute approximate surface area is 205 Å². The van der Waals surface area contributed by atoms with Gasteiger partial charge in [-0.1, -0.05) is 36.4 Å². The van der Waals surface area contributed by atoms with Crippen molar-refractivity contribution >= 4 is 56.0 Å². The highest BCUT2D eigenvalue weighted by Gasteiger charge is 2.26. The van der Waals surface area contributed by atoms with E-state index in [4.69, 9.17) is 0 Å². The fraction of sp³-hybridized carbons (Fsp3) is 0.174. The summed E-state index contributed by atoms with van der Waals surface area (Å²) in [5.41, 5.74) is 1.03. The number of hydrogen-bond acceptors (Lipinski definition) is 4. The van der Waals surface area contributed by atoms with Crippen LogP contribution in [0.2, 0.25) is 0 Å². The van der Waals surface area contributed by atoms with E-state index in [1.807, 2.05) is 0 Å². The third kappa shape index (κ3) is 6.69. The average Bonchev–Trinajstić information content (AvgIpc) is 2.79. The second-order valence-electron chi connectivity index (χ2n) is 6.80. The molecule has 5 nitrogen and oxygen atoms in total. The Morgan fingerprint density at radius 2 is 1.62 bits per heavy atom. The van der Waals surface area contributed by atoms with Crippen molar-refractivity contribution in [2.75, 3.05) is 23.1 Å². The first-order valence-corrected chi connectivity index (χ1v) is 13.5. The molecule has 32 heavy (non-hydrogen) atoms. The Hall–Kier alpha value is -2.11. The quantitative estimate of drug-likeness (QED) is 0.278. The third-order valence-corrected chi connectivity index (χ3v) is 8.03. The smallest absolute Gasteiger partial charge is 0.264 e. The van der Waals surface area contributed by atoms with Crippen molar-refractivity contribution in [1.29, 1.82) is 0 Å². The van der Waals surface area contributed by atoms with Crippen LogP contribution in [0, 0.1) is 9.39 Å². The summed E-state index contributed by atoms with van der Waals surface area (Å²) in [5.74, 6) is 0.423. The number of amides is 1. The molecule has 0 atom stereocenters. The molecule has 0 aliphatic carbocycles. The number of hydrogen-bond donors (Lipinski definition) is 1. The largest absolute Gasteiger partial charge is 0.354 e. The Bertz CT molecular complexity index is 1140. The summed E-state index contributed by atoms with van der Waals surface area (Å²) < 4.78 is 42.2. The molecule has 0 saturated heterocycles. The lowest BCUT2D eigenvalue weighted by Gasteiger charge is -2.24. The van der Waals surface area contributed by atoms with Crippen molar-refractivity contribution in [3.8, 4) is 0 Å². The number of anilines is 1. The highest BCUT2D eigenvalue weighted by molar-refractivity contribution is 14.1. The minimum absolute atomic E-state index is 0.117. The molecule has 0 fully saturated rings. The SMILES string of the molecule is O=C(CN(c1ccc(I)cc1)S(=O)(=O)c1ccccc1)NCCSCc1ccccc1F. The van der Waals surface area contributed by atoms with E-state index in [-0.39, 0.29) is 17.3 Å². The van der Waals surface area contributed by atoms with Gasteiger partial charge in [0.25, 0.3) is 10.0 Å². The van der Waals surface area contributed by atoms with Gasteiger partial charge >= 0.3 is 0 Å². The van der Waals surface area contributed by atoms with Crippen molar-refractivity contribution in [3.05, 3.63) is 93.8 Å². The van der Waals surface area contributed by atoms with Gasteiger partial charge in [-0.25, -0.2) is 12.8 Å². The second-order valence-corrected chi connectivity index (χ2v) is 11.0. The number of sulfonamides is 1. The average molecular weight is 584 g/mol. The highest BCUT2D eigenvalue weighted by atomic mass is 127. The van der Waals surface area contributed by atoms with E-state index < -0.39 is 15.9 Å². The number of carbonyl (C=O) groups excluding carboxylic acids is 1. The zero-order chi connectivity index (χ0) is 23.0. The summed E-state index contributed by atoms with van der Waals surface area (Å²) in [5, 5.41) is 2.76. The second kappa shape index (κ2) is 11.7. The summed E-state index contributed by atoms with van der Waals surface area (Å²) in [6.07, 6.45) is 0. The molecule has 0 aromatic heterocycles. The lowest BCUT2D eigenvalue weighted by molar-refractivity contribution is -0.119. The number of benzene rings is 3. The van der Waals surface area contributed by atoms with Gasteiger partial charge in [-0.15, -0.1) is 0 Å². The molecular formula is C23H22FIN2O3S2. The summed E-state index contributed by atoms with van der Waals surface area (Å²) in [6, 6.07) is 21.6. The fourth-order valence-electron chi connectivity index (χ4n) is 2.89. The van der Waals surface area contributed by atoms with Crippen molar-refractivity contribution in [2.45, 2.75) is 10.6 Å². The van der Waals surface area contributed by atoms with Gasteiger partial charge in [0.2, 0.25) is 5.91 Å². The third-order valence-electron chi connectivity index (χ3n) is 4.52. The molecule has 1 amide bonds. The van der Waals surface area contributed by atoms with Crippen LogP contribution in [-0.2, 0) is 20.6 Å². The number of thioether (sulfide) groups is 1. The Kier molecular flexibility index (Phi) is 8.94. The van der Waals surface area contributed by atoms with Crippen LogP contribution in [0.25, 0.3) is 0 Å². The molecule has 168 valence electrons. The molecule has 9 heteroatoms. The molecule has 0 aliphatic rings. The summed E-state index contributed by atoms with van der Waals surface area (Å²) >= 11 is 3.63. The number of carbonyl (C=O) groups is 1. The first-order valence-electron chi connectivity index (χ1n) is 9.79. The van der Waals surface area contributed by atoms with Crippen LogP contribution in [0.4, 0.5) is 10.1 Å². The summed E-state index contributed by atoms with van der Waals surface area (Å²) in [4.78, 5) is 12.7. The number of nitrogens with one attached hydrogen (secondary N) is 1. The summed E-state index contributed by atoms with van der Waals surface area (Å²) in [6.45, 7) is 0.0136. The molecule has 0 unspecified atom stereocenters. The van der Waals surface area contributed by atoms with E-state index in [1.165, 1.54) is 30.0 Å². The van der Waals surface area contributed by atoms with Crippen LogP contribution >= 0.6 is 34.4 Å². The normalized spacial score (nSPS) is 11.2. The van der Waals surface area contributed by atoms with Gasteiger partial charge < -0.3 is 5.32 Å². The topological polar surface area (TPSA) is 66.5 Å². The zero-order valence-corrected chi connectivity index (χ0v) is 20.9. The monoisotopic (exact) mass is 584 g/mol. The van der Waals surface area contributed by atoms with Crippen molar-refractivity contribution < 1.29 is 17.6 Å². The molecule has 3 rings (SSSR count). The van der Waals surface area contributed by atoms with Gasteiger partial charge in [0, 0.05) is 21.6 Å². The molecule has 0 spiro atoms. The molecular weight excluding hydrogens is 562 g/mol. The van der Waals surface area contributed by atoms with E-state index >= 15 is 0 Å². The van der Waals surface area contributed by atoms with Crippen LogP contribution in [0.15, 0.2) is 83.8 Å². The van der Waals surface area contributed by atoms with E-state index in [1.54, 1.807) is 60.7 Å². The predicted molar refractivity (Wildman–Crippen MR) is 136 cm³/mol. The van der Waals surface area contributed by atoms with Crippen molar-refractivity contribution in [2.24, 2.45) is 0 Å². The van der Waals surface area contributed by atoms with E-state index in [2.05, 4.69) is 27.9 Å². The Morgan fingerprint density at radius 3 is 2.31 bits per heavy atom. The number of rotatable bonds is 10. The minimum Gasteiger partial charge on any atom is -0.354 e. The van der Waals surface area contributed by atoms with Gasteiger partial charge in [-0.2, -0.15) is 11.8 Å². The zero-order valence-electron chi connectivity index (χ0n) is 17.1. The minimum atomic E-state index is -3.91. The predicted octanol–water partition coefficient (Wildman–Crippen LogP) is 4.68. The van der Waals surface area contributed by atoms with Crippen LogP contribution < -0.4 is 9.62 Å². The molecule has 0 radical (unpaired) electrons. The standard InChI is InChI=1S/C23H22FIN2O3S2/c24-22-9-5-4-6-18(22)17-31-15-14-26-23(28)16-27(20-12-10-19(25)11-13-20)32(29,30)21-7-2-1-3-8-21/h1-13H,14-17H2,(H,26,28). The Balaban J connectivity index is 1.62. The first kappa shape index (κ1) is 24.5. The van der Waals surface area contributed by atoms with Crippen LogP contribution in [0.3, 0.4) is 0 Å². The molecule has 3 aromatic rings. The lowest BCUT2D eigenvalue weighted by Crippen LogP contribution is -2.41. The highest BCUT2D eigenvalue weighted by Crippen LogP contribution is 2.24. The Morgan fingerprint density at radius 1 is 0.969 bits per heavy atom. The first-order chi connectivity index (χ1) is 15.4. The van der Waals surface area contributed by atoms with Gasteiger partial charge in [-0.05, 0) is 70.6 Å². The van der Waals surface area contributed by atoms with Gasteiger partial charge in [0.15, 0.2) is 0 Å². The van der Waals surface area contributed by atoms with Crippen molar-refractivity contribution in [3.63, 3.8) is 0 Å². The molecule has 3 aromatic carbocycles. The van der Waals surface area contributed by atoms with Gasteiger partial charge in [0.05, 0.1) is 10.6 Å². The van der Waals surface area contributed by atoms with E-state index in [0.29, 0.717) is 29.3 Å². The maximum absolute atomic E-state index is 13.7. The van der Waals surface area contributed by atoms with Crippen LogP contribution in [-0.4, -0.2) is 33.2 Å². The van der Waals surface area contributed by atoms with E-state index in [9.17, 15) is 17.6 Å². The maximum Gasteiger partial charge on any atom is 0.264 e. The summed E-state index contributed by atoms with van der Waals surface area (Å²) in [7, 11) is -3.91. The molecule has 0 bridgehead atoms. The van der Waals surface area contributed by atoms with E-state index in [0.717, 1.165) is 7.88 Å². The molecule has 0 heterocycles. The van der Waals surface area contributed by atoms with Crippen LogP contribution in [0.5, 0.6) is 0 Å². The lowest BCUT2D eigenvalue weighted by atomic mass is 10.2. The van der Waals surface area contributed by atoms with Gasteiger partial charge in [-0.3, -0.25) is 9.10 Å². The number of nitrogens with zero attached hydrogens (tertiary/aromatic N) is 1. The molecule has 0 saturated carbocycles. The van der Waals surface area contributed by atoms with Gasteiger partial charge in [0.1, 0.15) is 12.4 Å². The number of halogens is 2. The molecule has 1 N–H and O–H groups in total. The van der Waals surface area contributed by atoms with Crippen LogP contribution in [0.1, 0.15) is 5.56 Å². The fourth-order valence-corrected chi connectivity index (χ4v) is 5.53. The maximum atomic E-state index is 13.7. The van der Waals surface area contributed by atoms with Crippen molar-refractivity contribution in [1.82, 2.24) is 5.32 Å². The molecule has 0 aliphatic heterocycles.